The Morgan fingerprint density at radius 1 is 1.41 bits per heavy atom. The van der Waals surface area contributed by atoms with E-state index in [1.807, 2.05) is 12.1 Å². The van der Waals surface area contributed by atoms with Crippen molar-refractivity contribution in [2.75, 3.05) is 25.0 Å². The maximum atomic E-state index is 9.09. The zero-order valence-corrected chi connectivity index (χ0v) is 12.7. The quantitative estimate of drug-likeness (QED) is 0.914. The zero-order chi connectivity index (χ0) is 15.4. The van der Waals surface area contributed by atoms with Crippen LogP contribution in [0.2, 0.25) is 0 Å². The minimum Gasteiger partial charge on any atom is -0.468 e. The summed E-state index contributed by atoms with van der Waals surface area (Å²) >= 11 is 0. The van der Waals surface area contributed by atoms with Crippen molar-refractivity contribution in [1.82, 2.24) is 9.88 Å². The normalized spacial score (nSPS) is 17.1. The van der Waals surface area contributed by atoms with Crippen LogP contribution in [0, 0.1) is 18.3 Å². The second-order valence-electron chi connectivity index (χ2n) is 5.53. The van der Waals surface area contributed by atoms with Crippen molar-refractivity contribution in [2.24, 2.45) is 0 Å². The van der Waals surface area contributed by atoms with Crippen molar-refractivity contribution >= 4 is 5.88 Å². The van der Waals surface area contributed by atoms with Gasteiger partial charge in [-0.15, -0.1) is 0 Å². The molecule has 1 fully saturated rings. The predicted molar refractivity (Wildman–Crippen MR) is 81.3 cm³/mol. The fourth-order valence-corrected chi connectivity index (χ4v) is 2.93. The summed E-state index contributed by atoms with van der Waals surface area (Å²) in [6, 6.07) is 6.09. The first kappa shape index (κ1) is 14.7. The van der Waals surface area contributed by atoms with E-state index in [1.54, 1.807) is 13.2 Å². The number of piperidine rings is 1. The number of furan rings is 1. The number of anilines is 1. The average Bonchev–Trinajstić information content (AvgIpc) is 3.18. The molecule has 0 amide bonds. The molecule has 1 atom stereocenters. The maximum Gasteiger partial charge on any atom is 0.232 e. The number of aryl methyl sites for hydroxylation is 1. The Labute approximate surface area is 129 Å². The molecular formula is C16H20N4O2. The van der Waals surface area contributed by atoms with Gasteiger partial charge in [-0.1, -0.05) is 6.42 Å². The predicted octanol–water partition coefficient (Wildman–Crippen LogP) is 3.09. The Hall–Kier alpha value is -2.26. The van der Waals surface area contributed by atoms with Gasteiger partial charge in [0.05, 0.1) is 12.3 Å². The van der Waals surface area contributed by atoms with E-state index in [0.29, 0.717) is 24.0 Å². The Morgan fingerprint density at radius 2 is 2.23 bits per heavy atom. The summed E-state index contributed by atoms with van der Waals surface area (Å²) in [5.74, 6) is 1.87. The van der Waals surface area contributed by atoms with Crippen LogP contribution in [0.3, 0.4) is 0 Å². The number of rotatable bonds is 5. The van der Waals surface area contributed by atoms with Crippen LogP contribution in [-0.2, 0) is 0 Å². The van der Waals surface area contributed by atoms with Crippen molar-refractivity contribution in [3.8, 4) is 6.07 Å². The van der Waals surface area contributed by atoms with Crippen molar-refractivity contribution < 1.29 is 8.83 Å². The second-order valence-corrected chi connectivity index (χ2v) is 5.53. The lowest BCUT2D eigenvalue weighted by Crippen LogP contribution is -2.37. The van der Waals surface area contributed by atoms with E-state index in [9.17, 15) is 0 Å². The molecule has 6 nitrogen and oxygen atoms in total. The molecule has 22 heavy (non-hydrogen) atoms. The molecule has 0 radical (unpaired) electrons. The van der Waals surface area contributed by atoms with Gasteiger partial charge in [0, 0.05) is 13.5 Å². The van der Waals surface area contributed by atoms with Crippen LogP contribution >= 0.6 is 0 Å². The zero-order valence-electron chi connectivity index (χ0n) is 12.7. The second kappa shape index (κ2) is 6.67. The Kier molecular flexibility index (Phi) is 4.45. The molecule has 0 unspecified atom stereocenters. The summed E-state index contributed by atoms with van der Waals surface area (Å²) in [6.45, 7) is 4.48. The molecule has 116 valence electrons. The van der Waals surface area contributed by atoms with E-state index in [4.69, 9.17) is 14.1 Å². The lowest BCUT2D eigenvalue weighted by molar-refractivity contribution is 0.152. The van der Waals surface area contributed by atoms with Crippen LogP contribution in [0.4, 0.5) is 5.88 Å². The fourth-order valence-electron chi connectivity index (χ4n) is 2.93. The number of nitrogens with one attached hydrogen (secondary N) is 1. The van der Waals surface area contributed by atoms with Gasteiger partial charge in [0.1, 0.15) is 11.8 Å². The largest absolute Gasteiger partial charge is 0.468 e. The molecule has 0 aromatic carbocycles. The van der Waals surface area contributed by atoms with Gasteiger partial charge in [-0.25, -0.2) is 4.98 Å². The first-order valence-corrected chi connectivity index (χ1v) is 7.67. The topological polar surface area (TPSA) is 78.2 Å². The van der Waals surface area contributed by atoms with E-state index in [1.165, 1.54) is 19.3 Å². The number of likely N-dealkylation sites (tertiary alicyclic amines) is 1. The smallest absolute Gasteiger partial charge is 0.232 e. The number of oxazole rings is 1. The van der Waals surface area contributed by atoms with E-state index >= 15 is 0 Å². The van der Waals surface area contributed by atoms with Crippen LogP contribution < -0.4 is 5.32 Å². The molecule has 0 bridgehead atoms. The molecule has 2 aromatic heterocycles. The molecule has 0 aliphatic carbocycles. The molecule has 3 rings (SSSR count). The van der Waals surface area contributed by atoms with Crippen LogP contribution in [0.15, 0.2) is 27.2 Å². The van der Waals surface area contributed by atoms with Gasteiger partial charge in [-0.2, -0.15) is 5.26 Å². The van der Waals surface area contributed by atoms with Crippen molar-refractivity contribution in [3.63, 3.8) is 0 Å². The minimum absolute atomic E-state index is 0.132. The summed E-state index contributed by atoms with van der Waals surface area (Å²) in [5.41, 5.74) is 0.300. The number of nitriles is 1. The first-order chi connectivity index (χ1) is 10.8. The summed E-state index contributed by atoms with van der Waals surface area (Å²) in [6.07, 6.45) is 5.41. The molecule has 0 saturated carbocycles. The number of nitrogens with zero attached hydrogens (tertiary/aromatic N) is 3. The van der Waals surface area contributed by atoms with E-state index < -0.39 is 0 Å². The average molecular weight is 300 g/mol. The third-order valence-electron chi connectivity index (χ3n) is 4.00. The molecule has 1 saturated heterocycles. The van der Waals surface area contributed by atoms with Gasteiger partial charge < -0.3 is 14.2 Å². The molecule has 2 aromatic rings. The SMILES string of the molecule is Cc1nc(C#N)c(NC[C@H](c2ccco2)N2CCCCC2)o1. The highest BCUT2D eigenvalue weighted by Gasteiger charge is 2.25. The number of hydrogen-bond donors (Lipinski definition) is 1. The van der Waals surface area contributed by atoms with Gasteiger partial charge in [0.25, 0.3) is 0 Å². The van der Waals surface area contributed by atoms with Crippen LogP contribution in [0.25, 0.3) is 0 Å². The van der Waals surface area contributed by atoms with Crippen molar-refractivity contribution in [3.05, 3.63) is 35.7 Å². The summed E-state index contributed by atoms with van der Waals surface area (Å²) in [7, 11) is 0. The minimum atomic E-state index is 0.132. The third kappa shape index (κ3) is 3.15. The summed E-state index contributed by atoms with van der Waals surface area (Å²) < 4.78 is 11.1. The van der Waals surface area contributed by atoms with Crippen molar-refractivity contribution in [2.45, 2.75) is 32.2 Å². The molecular weight excluding hydrogens is 280 g/mol. The molecule has 0 spiro atoms. The molecule has 3 heterocycles. The standard InChI is InChI=1S/C16H20N4O2/c1-12-19-13(10-17)16(22-12)18-11-14(15-6-5-9-21-15)20-7-3-2-4-8-20/h5-6,9,14,18H,2-4,7-8,11H2,1H3/t14-/m1/s1. The van der Waals surface area contributed by atoms with E-state index in [2.05, 4.69) is 21.3 Å². The monoisotopic (exact) mass is 300 g/mol. The van der Waals surface area contributed by atoms with Gasteiger partial charge in [-0.3, -0.25) is 4.90 Å². The molecule has 1 aliphatic rings. The van der Waals surface area contributed by atoms with Crippen LogP contribution in [-0.4, -0.2) is 29.5 Å². The lowest BCUT2D eigenvalue weighted by atomic mass is 10.1. The summed E-state index contributed by atoms with van der Waals surface area (Å²) in [5, 5.41) is 12.3. The Bertz CT molecular complexity index is 636. The van der Waals surface area contributed by atoms with Crippen LogP contribution in [0.5, 0.6) is 0 Å². The van der Waals surface area contributed by atoms with Crippen LogP contribution in [0.1, 0.15) is 42.6 Å². The summed E-state index contributed by atoms with van der Waals surface area (Å²) in [4.78, 5) is 6.48. The number of hydrogen-bond acceptors (Lipinski definition) is 6. The first-order valence-electron chi connectivity index (χ1n) is 7.67. The van der Waals surface area contributed by atoms with Crippen molar-refractivity contribution in [1.29, 1.82) is 5.26 Å². The lowest BCUT2D eigenvalue weighted by Gasteiger charge is -2.33. The van der Waals surface area contributed by atoms with Gasteiger partial charge in [-0.05, 0) is 38.1 Å². The highest BCUT2D eigenvalue weighted by Crippen LogP contribution is 2.26. The Balaban J connectivity index is 1.74. The molecule has 6 heteroatoms. The van der Waals surface area contributed by atoms with Gasteiger partial charge >= 0.3 is 0 Å². The maximum absolute atomic E-state index is 9.09. The number of aromatic nitrogens is 1. The third-order valence-corrected chi connectivity index (χ3v) is 4.00. The molecule has 1 aliphatic heterocycles. The van der Waals surface area contributed by atoms with E-state index in [0.717, 1.165) is 18.8 Å². The van der Waals surface area contributed by atoms with Gasteiger partial charge in [0.15, 0.2) is 5.89 Å². The Morgan fingerprint density at radius 3 is 2.91 bits per heavy atom. The van der Waals surface area contributed by atoms with Gasteiger partial charge in [0.2, 0.25) is 11.6 Å². The fraction of sp³-hybridized carbons (Fsp3) is 0.500. The van der Waals surface area contributed by atoms with E-state index in [-0.39, 0.29) is 6.04 Å². The highest BCUT2D eigenvalue weighted by molar-refractivity contribution is 5.45. The highest BCUT2D eigenvalue weighted by atomic mass is 16.4. The molecule has 1 N–H and O–H groups in total.